The van der Waals surface area contributed by atoms with Gasteiger partial charge in [0.25, 0.3) is 0 Å². The normalized spacial score (nSPS) is 12.0. The van der Waals surface area contributed by atoms with Crippen molar-refractivity contribution >= 4 is 87.0 Å². The Kier molecular flexibility index (Phi) is 7.05. The molecule has 0 atom stereocenters. The second kappa shape index (κ2) is 12.8. The van der Waals surface area contributed by atoms with Gasteiger partial charge in [0.05, 0.1) is 0 Å². The molecule has 0 unspecified atom stereocenters. The molecule has 60 heavy (non-hydrogen) atoms. The van der Waals surface area contributed by atoms with Crippen molar-refractivity contribution in [2.75, 3.05) is 0 Å². The Labute approximate surface area is 345 Å². The van der Waals surface area contributed by atoms with Crippen LogP contribution in [0.15, 0.2) is 215 Å². The average Bonchev–Trinajstić information content (AvgIpc) is 3.89. The van der Waals surface area contributed by atoms with Gasteiger partial charge < -0.3 is 8.83 Å². The zero-order valence-corrected chi connectivity index (χ0v) is 32.4. The summed E-state index contributed by atoms with van der Waals surface area (Å²) in [7, 11) is 0. The maximum absolute atomic E-state index is 7.09. The molecule has 0 fully saturated rings. The van der Waals surface area contributed by atoms with Gasteiger partial charge in [0.2, 0.25) is 0 Å². The Morgan fingerprint density at radius 2 is 0.667 bits per heavy atom. The number of hydrogen-bond donors (Lipinski definition) is 0. The van der Waals surface area contributed by atoms with Crippen LogP contribution in [0.5, 0.6) is 0 Å². The standard InChI is InChI=1S/C58H34O2/c1-2-16-35(17-3-1)53-39-19-4-10-25-45(39)56(46-26-11-5-20-40(46)53)48-28-14-29-49-57-47(27-15-31-51(57)60-58(48)49)55-43-23-8-6-21-41(43)54(42-22-7-9-24-44(42)55)36-32-33-38-37-18-12-13-30-50(37)59-52(38)34-36/h1-34H. The summed E-state index contributed by atoms with van der Waals surface area (Å²) in [4.78, 5) is 0. The van der Waals surface area contributed by atoms with E-state index in [2.05, 4.69) is 194 Å². The van der Waals surface area contributed by atoms with Crippen molar-refractivity contribution < 1.29 is 8.83 Å². The van der Waals surface area contributed by atoms with Gasteiger partial charge in [0, 0.05) is 32.7 Å². The molecular formula is C58H34O2. The summed E-state index contributed by atoms with van der Waals surface area (Å²) >= 11 is 0. The van der Waals surface area contributed by atoms with E-state index in [0.29, 0.717) is 0 Å². The molecule has 2 nitrogen and oxygen atoms in total. The lowest BCUT2D eigenvalue weighted by Gasteiger charge is -2.18. The van der Waals surface area contributed by atoms with Gasteiger partial charge in [0.1, 0.15) is 22.3 Å². The molecule has 0 amide bonds. The molecule has 11 aromatic carbocycles. The van der Waals surface area contributed by atoms with E-state index in [1.165, 1.54) is 70.9 Å². The van der Waals surface area contributed by atoms with Gasteiger partial charge in [-0.1, -0.05) is 182 Å². The summed E-state index contributed by atoms with van der Waals surface area (Å²) in [5.74, 6) is 0. The van der Waals surface area contributed by atoms with Crippen LogP contribution in [0.4, 0.5) is 0 Å². The van der Waals surface area contributed by atoms with E-state index in [4.69, 9.17) is 8.83 Å². The quantitative estimate of drug-likeness (QED) is 0.167. The zero-order valence-electron chi connectivity index (χ0n) is 32.4. The minimum atomic E-state index is 0.872. The van der Waals surface area contributed by atoms with Crippen molar-refractivity contribution in [1.82, 2.24) is 0 Å². The van der Waals surface area contributed by atoms with Crippen LogP contribution in [0.1, 0.15) is 0 Å². The van der Waals surface area contributed by atoms with E-state index in [9.17, 15) is 0 Å². The van der Waals surface area contributed by atoms with Crippen LogP contribution in [0.3, 0.4) is 0 Å². The first kappa shape index (κ1) is 33.1. The van der Waals surface area contributed by atoms with E-state index in [1.807, 2.05) is 12.1 Å². The Hall–Kier alpha value is -7.94. The largest absolute Gasteiger partial charge is 0.456 e. The second-order valence-electron chi connectivity index (χ2n) is 15.8. The van der Waals surface area contributed by atoms with Crippen LogP contribution in [-0.2, 0) is 0 Å². The van der Waals surface area contributed by atoms with E-state index in [1.54, 1.807) is 0 Å². The molecule has 0 aliphatic carbocycles. The Morgan fingerprint density at radius 1 is 0.233 bits per heavy atom. The van der Waals surface area contributed by atoms with Gasteiger partial charge >= 0.3 is 0 Å². The van der Waals surface area contributed by atoms with Gasteiger partial charge in [0.15, 0.2) is 0 Å². The molecule has 13 rings (SSSR count). The number of hydrogen-bond acceptors (Lipinski definition) is 2. The summed E-state index contributed by atoms with van der Waals surface area (Å²) in [5.41, 5.74) is 13.0. The summed E-state index contributed by atoms with van der Waals surface area (Å²) in [6.45, 7) is 0. The van der Waals surface area contributed by atoms with E-state index >= 15 is 0 Å². The third-order valence-electron chi connectivity index (χ3n) is 12.7. The van der Waals surface area contributed by atoms with Crippen LogP contribution >= 0.6 is 0 Å². The molecule has 2 heteroatoms. The molecule has 0 radical (unpaired) electrons. The van der Waals surface area contributed by atoms with Gasteiger partial charge in [-0.15, -0.1) is 0 Å². The third kappa shape index (κ3) is 4.70. The fourth-order valence-electron chi connectivity index (χ4n) is 10.2. The maximum Gasteiger partial charge on any atom is 0.143 e. The van der Waals surface area contributed by atoms with Crippen molar-refractivity contribution in [3.8, 4) is 44.5 Å². The zero-order chi connectivity index (χ0) is 39.3. The number of furan rings is 2. The predicted molar refractivity (Wildman–Crippen MR) is 253 cm³/mol. The predicted octanol–water partition coefficient (Wildman–Crippen LogP) is 16.8. The van der Waals surface area contributed by atoms with Gasteiger partial charge in [-0.25, -0.2) is 0 Å². The molecule has 0 aliphatic heterocycles. The smallest absolute Gasteiger partial charge is 0.143 e. The van der Waals surface area contributed by atoms with Crippen molar-refractivity contribution in [3.05, 3.63) is 206 Å². The van der Waals surface area contributed by atoms with Crippen LogP contribution in [0, 0.1) is 0 Å². The molecule has 0 spiro atoms. The van der Waals surface area contributed by atoms with Gasteiger partial charge in [-0.05, 0) is 101 Å². The first-order valence-electron chi connectivity index (χ1n) is 20.6. The fraction of sp³-hybridized carbons (Fsp3) is 0. The SMILES string of the molecule is c1ccc(-c2c3ccccc3c(-c3cccc4c3oc3cccc(-c5c6ccccc6c(-c6ccc7c(c6)oc6ccccc67)c6ccccc56)c34)c3ccccc23)cc1. The van der Waals surface area contributed by atoms with Crippen molar-refractivity contribution in [3.63, 3.8) is 0 Å². The maximum atomic E-state index is 7.09. The van der Waals surface area contributed by atoms with Crippen molar-refractivity contribution in [2.24, 2.45) is 0 Å². The molecule has 0 saturated heterocycles. The lowest BCUT2D eigenvalue weighted by molar-refractivity contribution is 0.669. The Bertz CT molecular complexity index is 3770. The third-order valence-corrected chi connectivity index (χ3v) is 12.7. The molecular weight excluding hydrogens is 729 g/mol. The minimum absolute atomic E-state index is 0.872. The monoisotopic (exact) mass is 762 g/mol. The molecule has 0 N–H and O–H groups in total. The van der Waals surface area contributed by atoms with Crippen molar-refractivity contribution in [1.29, 1.82) is 0 Å². The lowest BCUT2D eigenvalue weighted by Crippen LogP contribution is -1.91. The summed E-state index contributed by atoms with van der Waals surface area (Å²) in [5, 5.41) is 14.1. The summed E-state index contributed by atoms with van der Waals surface area (Å²) < 4.78 is 13.5. The highest BCUT2D eigenvalue weighted by Crippen LogP contribution is 2.50. The lowest BCUT2D eigenvalue weighted by atomic mass is 9.84. The average molecular weight is 763 g/mol. The Morgan fingerprint density at radius 3 is 1.28 bits per heavy atom. The highest BCUT2D eigenvalue weighted by Gasteiger charge is 2.24. The molecule has 278 valence electrons. The summed E-state index contributed by atoms with van der Waals surface area (Å²) in [6.07, 6.45) is 0. The number of rotatable bonds is 4. The van der Waals surface area contributed by atoms with Crippen LogP contribution in [-0.4, -0.2) is 0 Å². The number of benzene rings is 11. The van der Waals surface area contributed by atoms with Crippen molar-refractivity contribution in [2.45, 2.75) is 0 Å². The van der Waals surface area contributed by atoms with Crippen LogP contribution in [0.2, 0.25) is 0 Å². The molecule has 0 bridgehead atoms. The van der Waals surface area contributed by atoms with Gasteiger partial charge in [-0.2, -0.15) is 0 Å². The first-order valence-corrected chi connectivity index (χ1v) is 20.6. The number of fused-ring (bicyclic) bond motifs is 10. The topological polar surface area (TPSA) is 26.3 Å². The molecule has 0 aliphatic rings. The molecule has 2 heterocycles. The Balaban J connectivity index is 1.09. The summed E-state index contributed by atoms with van der Waals surface area (Å²) in [6, 6.07) is 74.3. The highest BCUT2D eigenvalue weighted by atomic mass is 16.3. The molecule has 2 aromatic heterocycles. The molecule has 0 saturated carbocycles. The second-order valence-corrected chi connectivity index (χ2v) is 15.8. The van der Waals surface area contributed by atoms with Gasteiger partial charge in [-0.3, -0.25) is 0 Å². The molecule has 13 aromatic rings. The first-order chi connectivity index (χ1) is 29.8. The highest BCUT2D eigenvalue weighted by molar-refractivity contribution is 6.28. The minimum Gasteiger partial charge on any atom is -0.456 e. The van der Waals surface area contributed by atoms with E-state index < -0.39 is 0 Å². The fourth-order valence-corrected chi connectivity index (χ4v) is 10.2. The van der Waals surface area contributed by atoms with Crippen LogP contribution < -0.4 is 0 Å². The van der Waals surface area contributed by atoms with E-state index in [-0.39, 0.29) is 0 Å². The van der Waals surface area contributed by atoms with E-state index in [0.717, 1.165) is 60.6 Å². The van der Waals surface area contributed by atoms with Crippen LogP contribution in [0.25, 0.3) is 131 Å². The number of para-hydroxylation sites is 2.